The molecule has 0 radical (unpaired) electrons. The zero-order valence-corrected chi connectivity index (χ0v) is 16.5. The Bertz CT molecular complexity index is 1090. The third-order valence-corrected chi connectivity index (χ3v) is 4.97. The van der Waals surface area contributed by atoms with Crippen molar-refractivity contribution in [1.82, 2.24) is 0 Å². The maximum absolute atomic E-state index is 12.2. The quantitative estimate of drug-likeness (QED) is 0.456. The van der Waals surface area contributed by atoms with Crippen molar-refractivity contribution in [2.24, 2.45) is 0 Å². The topological polar surface area (TPSA) is 88.4 Å². The first-order valence-corrected chi connectivity index (χ1v) is 9.70. The molecule has 0 aliphatic heterocycles. The van der Waals surface area contributed by atoms with Crippen LogP contribution in [0.5, 0.6) is 5.75 Å². The van der Waals surface area contributed by atoms with Crippen LogP contribution in [-0.2, 0) is 9.53 Å². The number of thiophene rings is 1. The van der Waals surface area contributed by atoms with E-state index in [0.717, 1.165) is 15.6 Å². The van der Waals surface area contributed by atoms with E-state index >= 15 is 0 Å². The summed E-state index contributed by atoms with van der Waals surface area (Å²) in [5.41, 5.74) is 1.47. The van der Waals surface area contributed by atoms with Crippen LogP contribution in [0.2, 0.25) is 0 Å². The molecule has 0 bridgehead atoms. The Kier molecular flexibility index (Phi) is 6.61. The second-order valence-electron chi connectivity index (χ2n) is 5.92. The molecule has 3 aromatic rings. The summed E-state index contributed by atoms with van der Waals surface area (Å²) in [6.07, 6.45) is 3.12. The fourth-order valence-corrected chi connectivity index (χ4v) is 3.51. The minimum atomic E-state index is -0.341. The smallest absolute Gasteiger partial charge is 0.348 e. The first-order valence-electron chi connectivity index (χ1n) is 8.88. The number of esters is 1. The van der Waals surface area contributed by atoms with Gasteiger partial charge >= 0.3 is 5.97 Å². The van der Waals surface area contributed by atoms with Gasteiger partial charge in [0.1, 0.15) is 16.7 Å². The first kappa shape index (κ1) is 20.1. The van der Waals surface area contributed by atoms with Crippen LogP contribution in [0.15, 0.2) is 54.6 Å². The summed E-state index contributed by atoms with van der Waals surface area (Å²) >= 11 is 1.36. The SMILES string of the molecule is CCOC(=O)c1cc2cc(NC(=O)/C=C/c3ccc(OCC#N)cc3)ccc2s1. The van der Waals surface area contributed by atoms with E-state index in [-0.39, 0.29) is 18.5 Å². The highest BCUT2D eigenvalue weighted by molar-refractivity contribution is 7.20. The van der Waals surface area contributed by atoms with Crippen LogP contribution in [0.1, 0.15) is 22.2 Å². The summed E-state index contributed by atoms with van der Waals surface area (Å²) in [4.78, 5) is 24.6. The van der Waals surface area contributed by atoms with E-state index in [2.05, 4.69) is 5.32 Å². The van der Waals surface area contributed by atoms with Crippen LogP contribution in [-0.4, -0.2) is 25.1 Å². The van der Waals surface area contributed by atoms with Crippen LogP contribution >= 0.6 is 11.3 Å². The molecule has 0 saturated heterocycles. The van der Waals surface area contributed by atoms with Gasteiger partial charge in [-0.1, -0.05) is 12.1 Å². The van der Waals surface area contributed by atoms with Gasteiger partial charge < -0.3 is 14.8 Å². The third kappa shape index (κ3) is 5.43. The van der Waals surface area contributed by atoms with Gasteiger partial charge in [-0.15, -0.1) is 11.3 Å². The molecule has 1 amide bonds. The summed E-state index contributed by atoms with van der Waals surface area (Å²) in [5.74, 6) is -0.0133. The number of nitrogens with one attached hydrogen (secondary N) is 1. The molecule has 7 heteroatoms. The summed E-state index contributed by atoms with van der Waals surface area (Å²) < 4.78 is 11.2. The van der Waals surface area contributed by atoms with Gasteiger partial charge in [0.25, 0.3) is 0 Å². The summed E-state index contributed by atoms with van der Waals surface area (Å²) in [5, 5.41) is 12.2. The lowest BCUT2D eigenvalue weighted by Crippen LogP contribution is -2.07. The minimum absolute atomic E-state index is 0.00660. The van der Waals surface area contributed by atoms with Crippen molar-refractivity contribution >= 4 is 45.1 Å². The molecule has 3 rings (SSSR count). The predicted octanol–water partition coefficient (Wildman–Crippen LogP) is 4.63. The lowest BCUT2D eigenvalue weighted by molar-refractivity contribution is -0.111. The average molecular weight is 406 g/mol. The molecular formula is C22H18N2O4S. The normalized spacial score (nSPS) is 10.6. The van der Waals surface area contributed by atoms with Gasteiger partial charge in [0.15, 0.2) is 6.61 Å². The van der Waals surface area contributed by atoms with Gasteiger partial charge in [0, 0.05) is 16.5 Å². The highest BCUT2D eigenvalue weighted by Gasteiger charge is 2.11. The fourth-order valence-electron chi connectivity index (χ4n) is 2.57. The second-order valence-corrected chi connectivity index (χ2v) is 7.01. The monoisotopic (exact) mass is 406 g/mol. The number of benzene rings is 2. The lowest BCUT2D eigenvalue weighted by Gasteiger charge is -2.03. The highest BCUT2D eigenvalue weighted by Crippen LogP contribution is 2.28. The Morgan fingerprint density at radius 1 is 1.17 bits per heavy atom. The Balaban J connectivity index is 1.64. The first-order chi connectivity index (χ1) is 14.1. The molecule has 0 unspecified atom stereocenters. The standard InChI is InChI=1S/C22H18N2O4S/c1-2-27-22(26)20-14-16-13-17(6-9-19(16)29-20)24-21(25)10-5-15-3-7-18(8-4-15)28-12-11-23/h3-10,13-14H,2,12H2,1H3,(H,24,25)/b10-5+. The van der Waals surface area contributed by atoms with Crippen LogP contribution < -0.4 is 10.1 Å². The molecule has 0 fully saturated rings. The molecule has 1 N–H and O–H groups in total. The van der Waals surface area contributed by atoms with Crippen molar-refractivity contribution in [3.8, 4) is 11.8 Å². The van der Waals surface area contributed by atoms with E-state index in [1.807, 2.05) is 18.2 Å². The number of anilines is 1. The van der Waals surface area contributed by atoms with Gasteiger partial charge in [-0.2, -0.15) is 5.26 Å². The van der Waals surface area contributed by atoms with Crippen molar-refractivity contribution < 1.29 is 19.1 Å². The molecule has 0 saturated carbocycles. The molecular weight excluding hydrogens is 388 g/mol. The molecule has 0 aliphatic rings. The Labute approximate surface area is 172 Å². The number of nitriles is 1. The average Bonchev–Trinajstić information content (AvgIpc) is 3.15. The number of rotatable bonds is 7. The van der Waals surface area contributed by atoms with Gasteiger partial charge in [-0.05, 0) is 60.3 Å². The maximum Gasteiger partial charge on any atom is 0.348 e. The minimum Gasteiger partial charge on any atom is -0.479 e. The number of fused-ring (bicyclic) bond motifs is 1. The van der Waals surface area contributed by atoms with Crippen LogP contribution in [0.3, 0.4) is 0 Å². The Morgan fingerprint density at radius 2 is 1.97 bits per heavy atom. The molecule has 146 valence electrons. The van der Waals surface area contributed by atoms with E-state index in [4.69, 9.17) is 14.7 Å². The van der Waals surface area contributed by atoms with E-state index < -0.39 is 0 Å². The molecule has 0 spiro atoms. The summed E-state index contributed by atoms with van der Waals surface area (Å²) in [6.45, 7) is 2.09. The Hall–Kier alpha value is -3.63. The van der Waals surface area contributed by atoms with Gasteiger partial charge in [-0.25, -0.2) is 4.79 Å². The number of amides is 1. The van der Waals surface area contributed by atoms with E-state index in [1.165, 1.54) is 17.4 Å². The molecule has 0 aliphatic carbocycles. The maximum atomic E-state index is 12.2. The molecule has 1 aromatic heterocycles. The zero-order valence-electron chi connectivity index (χ0n) is 15.7. The second kappa shape index (κ2) is 9.53. The van der Waals surface area contributed by atoms with Crippen molar-refractivity contribution in [2.75, 3.05) is 18.5 Å². The largest absolute Gasteiger partial charge is 0.479 e. The van der Waals surface area contributed by atoms with E-state index in [1.54, 1.807) is 49.4 Å². The predicted molar refractivity (Wildman–Crippen MR) is 113 cm³/mol. The number of nitrogens with zero attached hydrogens (tertiary/aromatic N) is 1. The molecule has 29 heavy (non-hydrogen) atoms. The Morgan fingerprint density at radius 3 is 2.69 bits per heavy atom. The van der Waals surface area contributed by atoms with Crippen LogP contribution in [0.25, 0.3) is 16.2 Å². The summed E-state index contributed by atoms with van der Waals surface area (Å²) in [7, 11) is 0. The van der Waals surface area contributed by atoms with E-state index in [9.17, 15) is 9.59 Å². The van der Waals surface area contributed by atoms with Gasteiger partial charge in [-0.3, -0.25) is 4.79 Å². The van der Waals surface area contributed by atoms with Crippen molar-refractivity contribution in [3.05, 3.63) is 65.0 Å². The highest BCUT2D eigenvalue weighted by atomic mass is 32.1. The molecule has 1 heterocycles. The summed E-state index contributed by atoms with van der Waals surface area (Å²) in [6, 6.07) is 16.2. The number of carbonyl (C=O) groups is 2. The zero-order chi connectivity index (χ0) is 20.6. The van der Waals surface area contributed by atoms with Crippen molar-refractivity contribution in [1.29, 1.82) is 5.26 Å². The van der Waals surface area contributed by atoms with Crippen LogP contribution in [0, 0.1) is 11.3 Å². The number of carbonyl (C=O) groups excluding carboxylic acids is 2. The third-order valence-electron chi connectivity index (χ3n) is 3.87. The van der Waals surface area contributed by atoms with Crippen molar-refractivity contribution in [3.63, 3.8) is 0 Å². The van der Waals surface area contributed by atoms with Gasteiger partial charge in [0.2, 0.25) is 5.91 Å². The van der Waals surface area contributed by atoms with Crippen LogP contribution in [0.4, 0.5) is 5.69 Å². The lowest BCUT2D eigenvalue weighted by atomic mass is 10.2. The number of hydrogen-bond donors (Lipinski definition) is 1. The number of ether oxygens (including phenoxy) is 2. The number of hydrogen-bond acceptors (Lipinski definition) is 6. The van der Waals surface area contributed by atoms with Gasteiger partial charge in [0.05, 0.1) is 6.61 Å². The molecule has 6 nitrogen and oxygen atoms in total. The molecule has 0 atom stereocenters. The van der Waals surface area contributed by atoms with E-state index in [0.29, 0.717) is 22.9 Å². The fraction of sp³-hybridized carbons (Fsp3) is 0.136. The van der Waals surface area contributed by atoms with Crippen molar-refractivity contribution in [2.45, 2.75) is 6.92 Å². The molecule has 2 aromatic carbocycles.